The van der Waals surface area contributed by atoms with Crippen LogP contribution in [0.5, 0.6) is 5.75 Å². The molecule has 1 N–H and O–H groups in total. The molecule has 168 valence electrons. The molecule has 1 saturated heterocycles. The highest BCUT2D eigenvalue weighted by atomic mass is 32.2. The summed E-state index contributed by atoms with van der Waals surface area (Å²) in [6, 6.07) is 13.4. The van der Waals surface area contributed by atoms with Gasteiger partial charge in [0, 0.05) is 13.1 Å². The lowest BCUT2D eigenvalue weighted by Crippen LogP contribution is -2.51. The molecule has 1 atom stereocenters. The first-order valence-electron chi connectivity index (χ1n) is 10.9. The molecule has 1 aliphatic heterocycles. The average Bonchev–Trinajstić information content (AvgIpc) is 2.75. The Kier molecular flexibility index (Phi) is 7.73. The highest BCUT2D eigenvalue weighted by Gasteiger charge is 2.31. The van der Waals surface area contributed by atoms with Gasteiger partial charge < -0.3 is 9.64 Å². The quantitative estimate of drug-likeness (QED) is 0.676. The van der Waals surface area contributed by atoms with Gasteiger partial charge in [-0.25, -0.2) is 8.42 Å². The number of sulfonamides is 1. The van der Waals surface area contributed by atoms with Crippen LogP contribution < -0.4 is 9.46 Å². The number of rotatable bonds is 8. The molecule has 1 heterocycles. The topological polar surface area (TPSA) is 75.7 Å². The molecule has 6 nitrogen and oxygen atoms in total. The number of nitrogens with zero attached hydrogens (tertiary/aromatic N) is 1. The van der Waals surface area contributed by atoms with Gasteiger partial charge in [0.05, 0.1) is 11.5 Å². The minimum Gasteiger partial charge on any atom is -0.494 e. The third-order valence-electron chi connectivity index (χ3n) is 5.73. The van der Waals surface area contributed by atoms with E-state index in [4.69, 9.17) is 4.74 Å². The summed E-state index contributed by atoms with van der Waals surface area (Å²) in [5.41, 5.74) is 1.65. The Bertz CT molecular complexity index is 984. The molecule has 0 unspecified atom stereocenters. The van der Waals surface area contributed by atoms with Crippen LogP contribution in [0.2, 0.25) is 0 Å². The highest BCUT2D eigenvalue weighted by Crippen LogP contribution is 2.23. The van der Waals surface area contributed by atoms with Gasteiger partial charge in [-0.1, -0.05) is 37.3 Å². The number of hydrogen-bond donors (Lipinski definition) is 1. The van der Waals surface area contributed by atoms with Gasteiger partial charge in [-0.05, 0) is 68.4 Å². The first-order chi connectivity index (χ1) is 14.8. The van der Waals surface area contributed by atoms with E-state index in [2.05, 4.69) is 11.6 Å². The van der Waals surface area contributed by atoms with Crippen molar-refractivity contribution in [3.05, 3.63) is 59.7 Å². The standard InChI is InChI=1S/C24H32N2O4S/c1-4-30-23-11-10-21(16-19(23)3)31(28,29)25-22(17-20-8-6-5-7-9-20)24(27)26-14-12-18(2)13-15-26/h5-11,16,18,22,25H,4,12-15,17H2,1-3H3/t22-/m0/s1. The Labute approximate surface area is 185 Å². The van der Waals surface area contributed by atoms with Crippen molar-refractivity contribution < 1.29 is 17.9 Å². The number of aryl methyl sites for hydroxylation is 1. The number of likely N-dealkylation sites (tertiary alicyclic amines) is 1. The predicted molar refractivity (Wildman–Crippen MR) is 122 cm³/mol. The molecule has 2 aromatic rings. The average molecular weight is 445 g/mol. The molecule has 0 aliphatic carbocycles. The molecule has 0 aromatic heterocycles. The normalized spacial score (nSPS) is 16.2. The fraction of sp³-hybridized carbons (Fsp3) is 0.458. The van der Waals surface area contributed by atoms with Crippen molar-refractivity contribution in [3.8, 4) is 5.75 Å². The van der Waals surface area contributed by atoms with Crippen LogP contribution in [0.1, 0.15) is 37.8 Å². The zero-order chi connectivity index (χ0) is 22.4. The van der Waals surface area contributed by atoms with Crippen molar-refractivity contribution in [2.45, 2.75) is 51.0 Å². The van der Waals surface area contributed by atoms with Crippen LogP contribution in [0.3, 0.4) is 0 Å². The lowest BCUT2D eigenvalue weighted by atomic mass is 9.98. The molecule has 1 fully saturated rings. The smallest absolute Gasteiger partial charge is 0.241 e. The van der Waals surface area contributed by atoms with Gasteiger partial charge in [0.15, 0.2) is 0 Å². The maximum atomic E-state index is 13.3. The summed E-state index contributed by atoms with van der Waals surface area (Å²) in [6.45, 7) is 7.70. The zero-order valence-electron chi connectivity index (χ0n) is 18.5. The van der Waals surface area contributed by atoms with Crippen LogP contribution >= 0.6 is 0 Å². The second-order valence-corrected chi connectivity index (χ2v) is 9.95. The van der Waals surface area contributed by atoms with E-state index < -0.39 is 16.1 Å². The molecule has 7 heteroatoms. The van der Waals surface area contributed by atoms with Crippen LogP contribution in [-0.4, -0.2) is 45.0 Å². The number of amides is 1. The summed E-state index contributed by atoms with van der Waals surface area (Å²) in [6.07, 6.45) is 2.18. The van der Waals surface area contributed by atoms with Gasteiger partial charge in [-0.15, -0.1) is 0 Å². The van der Waals surface area contributed by atoms with Crippen LogP contribution in [0.4, 0.5) is 0 Å². The van der Waals surface area contributed by atoms with Crippen LogP contribution in [0.15, 0.2) is 53.4 Å². The van der Waals surface area contributed by atoms with Gasteiger partial charge in [0.25, 0.3) is 0 Å². The molecule has 0 saturated carbocycles. The number of hydrogen-bond acceptors (Lipinski definition) is 4. The monoisotopic (exact) mass is 444 g/mol. The van der Waals surface area contributed by atoms with E-state index in [-0.39, 0.29) is 10.8 Å². The van der Waals surface area contributed by atoms with E-state index in [1.165, 1.54) is 6.07 Å². The predicted octanol–water partition coefficient (Wildman–Crippen LogP) is 3.54. The van der Waals surface area contributed by atoms with Crippen molar-refractivity contribution >= 4 is 15.9 Å². The molecule has 1 aliphatic rings. The summed E-state index contributed by atoms with van der Waals surface area (Å²) in [5.74, 6) is 1.07. The van der Waals surface area contributed by atoms with Crippen LogP contribution in [-0.2, 0) is 21.2 Å². The van der Waals surface area contributed by atoms with Gasteiger partial charge in [0.2, 0.25) is 15.9 Å². The molecular weight excluding hydrogens is 412 g/mol. The lowest BCUT2D eigenvalue weighted by Gasteiger charge is -2.33. The minimum atomic E-state index is -3.88. The van der Waals surface area contributed by atoms with Crippen molar-refractivity contribution in [3.63, 3.8) is 0 Å². The summed E-state index contributed by atoms with van der Waals surface area (Å²) < 4.78 is 34.5. The number of ether oxygens (including phenoxy) is 1. The van der Waals surface area contributed by atoms with Gasteiger partial charge in [-0.2, -0.15) is 4.72 Å². The van der Waals surface area contributed by atoms with Crippen LogP contribution in [0, 0.1) is 12.8 Å². The van der Waals surface area contributed by atoms with E-state index in [9.17, 15) is 13.2 Å². The maximum absolute atomic E-state index is 13.3. The number of piperidine rings is 1. The first kappa shape index (κ1) is 23.3. The Balaban J connectivity index is 1.84. The number of nitrogens with one attached hydrogen (secondary N) is 1. The highest BCUT2D eigenvalue weighted by molar-refractivity contribution is 7.89. The van der Waals surface area contributed by atoms with E-state index in [1.54, 1.807) is 17.0 Å². The maximum Gasteiger partial charge on any atom is 0.241 e. The molecule has 2 aromatic carbocycles. The zero-order valence-corrected chi connectivity index (χ0v) is 19.3. The summed E-state index contributed by atoms with van der Waals surface area (Å²) in [7, 11) is -3.88. The third kappa shape index (κ3) is 6.08. The Morgan fingerprint density at radius 3 is 2.45 bits per heavy atom. The van der Waals surface area contributed by atoms with Crippen molar-refractivity contribution in [2.24, 2.45) is 5.92 Å². The summed E-state index contributed by atoms with van der Waals surface area (Å²) >= 11 is 0. The van der Waals surface area contributed by atoms with Crippen molar-refractivity contribution in [2.75, 3.05) is 19.7 Å². The van der Waals surface area contributed by atoms with Gasteiger partial charge in [0.1, 0.15) is 11.8 Å². The van der Waals surface area contributed by atoms with E-state index >= 15 is 0 Å². The summed E-state index contributed by atoms with van der Waals surface area (Å²) in [5, 5.41) is 0. The Hall–Kier alpha value is -2.38. The number of carbonyl (C=O) groups is 1. The van der Waals surface area contributed by atoms with Crippen LogP contribution in [0.25, 0.3) is 0 Å². The number of benzene rings is 2. The third-order valence-corrected chi connectivity index (χ3v) is 7.20. The molecule has 0 radical (unpaired) electrons. The fourth-order valence-corrected chi connectivity index (χ4v) is 5.11. The van der Waals surface area contributed by atoms with Crippen molar-refractivity contribution in [1.29, 1.82) is 0 Å². The molecule has 1 amide bonds. The molecule has 0 spiro atoms. The molecule has 31 heavy (non-hydrogen) atoms. The Morgan fingerprint density at radius 1 is 1.16 bits per heavy atom. The van der Waals surface area contributed by atoms with E-state index in [1.807, 2.05) is 44.2 Å². The SMILES string of the molecule is CCOc1ccc(S(=O)(=O)N[C@@H](Cc2ccccc2)C(=O)N2CCC(C)CC2)cc1C. The summed E-state index contributed by atoms with van der Waals surface area (Å²) in [4.78, 5) is 15.2. The molecule has 0 bridgehead atoms. The first-order valence-corrected chi connectivity index (χ1v) is 12.4. The van der Waals surface area contributed by atoms with E-state index in [0.29, 0.717) is 37.8 Å². The lowest BCUT2D eigenvalue weighted by molar-refractivity contribution is -0.134. The molecule has 3 rings (SSSR count). The van der Waals surface area contributed by atoms with Crippen molar-refractivity contribution in [1.82, 2.24) is 9.62 Å². The minimum absolute atomic E-state index is 0.131. The number of carbonyl (C=O) groups excluding carboxylic acids is 1. The second kappa shape index (κ2) is 10.3. The van der Waals surface area contributed by atoms with Gasteiger partial charge in [-0.3, -0.25) is 4.79 Å². The second-order valence-electron chi connectivity index (χ2n) is 8.23. The fourth-order valence-electron chi connectivity index (χ4n) is 3.84. The van der Waals surface area contributed by atoms with E-state index in [0.717, 1.165) is 24.0 Å². The Morgan fingerprint density at radius 2 is 1.84 bits per heavy atom. The molecular formula is C24H32N2O4S. The largest absolute Gasteiger partial charge is 0.494 e. The van der Waals surface area contributed by atoms with Gasteiger partial charge >= 0.3 is 0 Å².